The molecule has 0 amide bonds. The first kappa shape index (κ1) is 22.1. The van der Waals surface area contributed by atoms with Crippen molar-refractivity contribution in [3.63, 3.8) is 0 Å². The molecule has 6 nitrogen and oxygen atoms in total. The maximum atomic E-state index is 13.7. The van der Waals surface area contributed by atoms with E-state index in [4.69, 9.17) is 16.3 Å². The van der Waals surface area contributed by atoms with Gasteiger partial charge in [-0.05, 0) is 24.3 Å². The van der Waals surface area contributed by atoms with Gasteiger partial charge in [-0.1, -0.05) is 11.6 Å². The molecular formula is C20H18Cl2F2N4O2. The van der Waals surface area contributed by atoms with Crippen LogP contribution >= 0.6 is 24.0 Å². The lowest BCUT2D eigenvalue weighted by atomic mass is 10.1. The van der Waals surface area contributed by atoms with Crippen LogP contribution in [0.25, 0.3) is 11.3 Å². The average Bonchev–Trinajstić information content (AvgIpc) is 2.73. The van der Waals surface area contributed by atoms with Crippen molar-refractivity contribution in [1.82, 2.24) is 14.5 Å². The fourth-order valence-electron chi connectivity index (χ4n) is 3.28. The maximum Gasteiger partial charge on any atom is 0.255 e. The molecule has 3 heterocycles. The lowest BCUT2D eigenvalue weighted by Crippen LogP contribution is -2.41. The summed E-state index contributed by atoms with van der Waals surface area (Å²) in [4.78, 5) is 23.0. The molecule has 1 aromatic carbocycles. The highest BCUT2D eigenvalue weighted by Crippen LogP contribution is 2.31. The number of nitrogens with zero attached hydrogens (tertiary/aromatic N) is 4. The van der Waals surface area contributed by atoms with Gasteiger partial charge in [-0.15, -0.1) is 12.4 Å². The zero-order chi connectivity index (χ0) is 20.5. The summed E-state index contributed by atoms with van der Waals surface area (Å²) in [5, 5.41) is 0.0862. The van der Waals surface area contributed by atoms with Gasteiger partial charge in [0.15, 0.2) is 11.6 Å². The third-order valence-corrected chi connectivity index (χ3v) is 5.15. The van der Waals surface area contributed by atoms with Gasteiger partial charge < -0.3 is 9.64 Å². The number of aromatic nitrogens is 3. The van der Waals surface area contributed by atoms with Crippen LogP contribution in [0.1, 0.15) is 11.7 Å². The third-order valence-electron chi connectivity index (χ3n) is 4.82. The van der Waals surface area contributed by atoms with Gasteiger partial charge in [-0.3, -0.25) is 14.3 Å². The van der Waals surface area contributed by atoms with Crippen molar-refractivity contribution in [1.29, 1.82) is 0 Å². The number of ether oxygens (including phenoxy) is 1. The normalized spacial score (nSPS) is 16.3. The van der Waals surface area contributed by atoms with Crippen LogP contribution in [0.4, 0.5) is 14.7 Å². The van der Waals surface area contributed by atoms with Crippen LogP contribution < -0.4 is 10.5 Å². The zero-order valence-electron chi connectivity index (χ0n) is 15.9. The molecule has 0 N–H and O–H groups in total. The highest BCUT2D eigenvalue weighted by Gasteiger charge is 2.27. The Bertz CT molecular complexity index is 1110. The summed E-state index contributed by atoms with van der Waals surface area (Å²) >= 11 is 6.11. The molecule has 0 radical (unpaired) electrons. The first-order valence-electron chi connectivity index (χ1n) is 8.93. The Hall–Kier alpha value is -2.55. The molecule has 2 aromatic heterocycles. The number of pyridine rings is 1. The highest BCUT2D eigenvalue weighted by atomic mass is 35.5. The average molecular weight is 455 g/mol. The summed E-state index contributed by atoms with van der Waals surface area (Å²) < 4.78 is 34.3. The monoisotopic (exact) mass is 454 g/mol. The van der Waals surface area contributed by atoms with Crippen LogP contribution in [0.5, 0.6) is 0 Å². The minimum Gasteiger partial charge on any atom is -0.370 e. The van der Waals surface area contributed by atoms with Crippen molar-refractivity contribution in [3.8, 4) is 11.3 Å². The van der Waals surface area contributed by atoms with E-state index in [-0.39, 0.29) is 29.5 Å². The van der Waals surface area contributed by atoms with E-state index in [0.29, 0.717) is 30.4 Å². The molecule has 0 bridgehead atoms. The molecule has 158 valence electrons. The first-order valence-corrected chi connectivity index (χ1v) is 9.31. The summed E-state index contributed by atoms with van der Waals surface area (Å²) in [6.45, 7) is 1.08. The minimum atomic E-state index is -1.01. The SMILES string of the molecule is Cl.Cn1c(N2CCO[C@@H](c3cc(F)c(F)cc3Cl)C2)nc(-c2ccncc2)cc1=O. The van der Waals surface area contributed by atoms with Gasteiger partial charge in [0.1, 0.15) is 6.10 Å². The smallest absolute Gasteiger partial charge is 0.255 e. The Labute approximate surface area is 182 Å². The molecule has 0 unspecified atom stereocenters. The lowest BCUT2D eigenvalue weighted by Gasteiger charge is -2.35. The fraction of sp³-hybridized carbons (Fsp3) is 0.250. The summed E-state index contributed by atoms with van der Waals surface area (Å²) in [7, 11) is 1.63. The summed E-state index contributed by atoms with van der Waals surface area (Å²) in [5.74, 6) is -1.55. The van der Waals surface area contributed by atoms with Gasteiger partial charge in [-0.25, -0.2) is 13.8 Å². The molecular weight excluding hydrogens is 437 g/mol. The van der Waals surface area contributed by atoms with Gasteiger partial charge in [0.25, 0.3) is 5.56 Å². The van der Waals surface area contributed by atoms with E-state index in [0.717, 1.165) is 17.7 Å². The molecule has 0 aliphatic carbocycles. The van der Waals surface area contributed by atoms with E-state index in [9.17, 15) is 13.6 Å². The van der Waals surface area contributed by atoms with Crippen LogP contribution in [-0.4, -0.2) is 34.2 Å². The van der Waals surface area contributed by atoms with Crippen molar-refractivity contribution in [2.75, 3.05) is 24.6 Å². The van der Waals surface area contributed by atoms with Gasteiger partial charge in [0, 0.05) is 48.2 Å². The largest absolute Gasteiger partial charge is 0.370 e. The van der Waals surface area contributed by atoms with Gasteiger partial charge >= 0.3 is 0 Å². The number of anilines is 1. The Morgan fingerprint density at radius 2 is 1.87 bits per heavy atom. The van der Waals surface area contributed by atoms with Crippen LogP contribution in [0.2, 0.25) is 5.02 Å². The molecule has 4 rings (SSSR count). The fourth-order valence-corrected chi connectivity index (χ4v) is 3.56. The topological polar surface area (TPSA) is 60.2 Å². The molecule has 1 atom stereocenters. The molecule has 1 fully saturated rings. The number of hydrogen-bond acceptors (Lipinski definition) is 5. The number of halogens is 4. The molecule has 1 aliphatic rings. The Morgan fingerprint density at radius 1 is 1.17 bits per heavy atom. The molecule has 1 saturated heterocycles. The van der Waals surface area contributed by atoms with E-state index >= 15 is 0 Å². The van der Waals surface area contributed by atoms with E-state index < -0.39 is 17.7 Å². The Kier molecular flexibility index (Phi) is 6.70. The zero-order valence-corrected chi connectivity index (χ0v) is 17.5. The number of benzene rings is 1. The number of rotatable bonds is 3. The van der Waals surface area contributed by atoms with Crippen molar-refractivity contribution in [2.24, 2.45) is 7.05 Å². The second-order valence-electron chi connectivity index (χ2n) is 6.67. The standard InChI is InChI=1S/C20H17ClF2N4O2.ClH/c1-26-19(28)10-17(12-2-4-24-5-3-12)25-20(26)27-6-7-29-18(11-27)13-8-15(22)16(23)9-14(13)21;/h2-5,8-10,18H,6-7,11H2,1H3;1H/t18-;/m1./s1. The second kappa shape index (κ2) is 9.07. The summed E-state index contributed by atoms with van der Waals surface area (Å²) in [6.07, 6.45) is 2.67. The Morgan fingerprint density at radius 3 is 2.60 bits per heavy atom. The summed E-state index contributed by atoms with van der Waals surface area (Å²) in [5.41, 5.74) is 1.44. The quantitative estimate of drug-likeness (QED) is 0.563. The van der Waals surface area contributed by atoms with Crippen LogP contribution in [0.15, 0.2) is 47.5 Å². The van der Waals surface area contributed by atoms with Crippen LogP contribution in [0, 0.1) is 11.6 Å². The highest BCUT2D eigenvalue weighted by molar-refractivity contribution is 6.31. The van der Waals surface area contributed by atoms with Crippen molar-refractivity contribution in [3.05, 3.63) is 75.3 Å². The molecule has 3 aromatic rings. The molecule has 30 heavy (non-hydrogen) atoms. The van der Waals surface area contributed by atoms with Gasteiger partial charge in [-0.2, -0.15) is 0 Å². The maximum absolute atomic E-state index is 13.7. The molecule has 0 saturated carbocycles. The van der Waals surface area contributed by atoms with E-state index in [1.165, 1.54) is 10.6 Å². The van der Waals surface area contributed by atoms with E-state index in [1.807, 2.05) is 4.90 Å². The summed E-state index contributed by atoms with van der Waals surface area (Å²) in [6, 6.07) is 6.99. The van der Waals surface area contributed by atoms with Crippen molar-refractivity contribution in [2.45, 2.75) is 6.10 Å². The predicted molar refractivity (Wildman–Crippen MR) is 112 cm³/mol. The van der Waals surface area contributed by atoms with Crippen molar-refractivity contribution < 1.29 is 13.5 Å². The molecule has 1 aliphatic heterocycles. The Balaban J connectivity index is 0.00000256. The van der Waals surface area contributed by atoms with Gasteiger partial charge in [0.05, 0.1) is 18.8 Å². The number of morpholine rings is 1. The van der Waals surface area contributed by atoms with Crippen molar-refractivity contribution >= 4 is 30.0 Å². The lowest BCUT2D eigenvalue weighted by molar-refractivity contribution is 0.0388. The first-order chi connectivity index (χ1) is 13.9. The van der Waals surface area contributed by atoms with Crippen LogP contribution in [0.3, 0.4) is 0 Å². The minimum absolute atomic E-state index is 0. The second-order valence-corrected chi connectivity index (χ2v) is 7.08. The molecule has 0 spiro atoms. The molecule has 10 heteroatoms. The van der Waals surface area contributed by atoms with E-state index in [1.54, 1.807) is 31.6 Å². The van der Waals surface area contributed by atoms with Crippen LogP contribution in [-0.2, 0) is 11.8 Å². The van der Waals surface area contributed by atoms with E-state index in [2.05, 4.69) is 9.97 Å². The predicted octanol–water partition coefficient (Wildman–Crippen LogP) is 3.77. The van der Waals surface area contributed by atoms with Gasteiger partial charge in [0.2, 0.25) is 5.95 Å². The third kappa shape index (κ3) is 4.30. The number of hydrogen-bond donors (Lipinski definition) is 0.